The van der Waals surface area contributed by atoms with E-state index in [1.807, 2.05) is 0 Å². The van der Waals surface area contributed by atoms with Gasteiger partial charge in [-0.15, -0.1) is 0 Å². The van der Waals surface area contributed by atoms with Crippen LogP contribution in [-0.4, -0.2) is 0 Å². The number of rotatable bonds is 22. The number of allylic oxidation sites excluding steroid dienone is 4. The van der Waals surface area contributed by atoms with Crippen LogP contribution in [0, 0.1) is 13.8 Å². The van der Waals surface area contributed by atoms with E-state index in [-0.39, 0.29) is 5.92 Å². The SMILES string of the molecule is CC1=CC(C)=C(CC(Cc2ccc(-c3ccc(-c4ccc(-c5ccc(-c6c(C(C)C)cc(C(C)C)cc6C(C)C)cc5)cc4)cc3)cc2)c2cc3c4ccccc4c(N(c4ccc(-c5ccc(-c6ccc(-c7ccc(-c8c(C(C)C)cc(C(C)C)cc8C(C)C)cc7)cc6)cc5)cc4)c4ccc(C)cc4C)cc3c3ccccc23)CC1. The lowest BCUT2D eigenvalue weighted by atomic mass is 9.79. The zero-order valence-electron chi connectivity index (χ0n) is 71.2. The van der Waals surface area contributed by atoms with Crippen molar-refractivity contribution in [3.63, 3.8) is 0 Å². The van der Waals surface area contributed by atoms with Gasteiger partial charge in [0.2, 0.25) is 0 Å². The molecule has 0 spiro atoms. The fourth-order valence-corrected chi connectivity index (χ4v) is 18.5. The van der Waals surface area contributed by atoms with E-state index < -0.39 is 0 Å². The molecule has 16 rings (SSSR count). The van der Waals surface area contributed by atoms with Gasteiger partial charge in [0.05, 0.1) is 5.69 Å². The first-order chi connectivity index (χ1) is 56.1. The van der Waals surface area contributed by atoms with Gasteiger partial charge in [-0.2, -0.15) is 0 Å². The monoisotopic (exact) mass is 1510 g/mol. The van der Waals surface area contributed by atoms with Crippen molar-refractivity contribution in [3.05, 3.63) is 376 Å². The normalized spacial score (nSPS) is 12.9. The second kappa shape index (κ2) is 33.3. The highest BCUT2D eigenvalue weighted by Gasteiger charge is 2.27. The van der Waals surface area contributed by atoms with Crippen LogP contribution < -0.4 is 4.90 Å². The van der Waals surface area contributed by atoms with E-state index in [0.717, 1.165) is 31.4 Å². The summed E-state index contributed by atoms with van der Waals surface area (Å²) in [6, 6.07) is 114. The van der Waals surface area contributed by atoms with E-state index >= 15 is 0 Å². The van der Waals surface area contributed by atoms with Crippen LogP contribution in [0.5, 0.6) is 0 Å². The molecule has 0 heterocycles. The summed E-state index contributed by atoms with van der Waals surface area (Å²) >= 11 is 0. The Kier molecular flexibility index (Phi) is 22.5. The minimum atomic E-state index is 0.234. The molecule has 1 aliphatic carbocycles. The Hall–Kier alpha value is -11.6. The maximum Gasteiger partial charge on any atom is 0.0546 e. The maximum atomic E-state index is 2.60. The van der Waals surface area contributed by atoms with Crippen molar-refractivity contribution in [2.45, 2.75) is 178 Å². The molecular formula is C115H113N. The van der Waals surface area contributed by atoms with Gasteiger partial charge in [-0.05, 0) is 291 Å². The third-order valence-electron chi connectivity index (χ3n) is 25.2. The maximum absolute atomic E-state index is 2.60. The first-order valence-corrected chi connectivity index (χ1v) is 42.9. The molecule has 1 aliphatic rings. The van der Waals surface area contributed by atoms with Gasteiger partial charge in [-0.1, -0.05) is 378 Å². The number of hydrogen-bond acceptors (Lipinski definition) is 1. The van der Waals surface area contributed by atoms with Gasteiger partial charge in [0.25, 0.3) is 0 Å². The quantitative estimate of drug-likeness (QED) is 0.0611. The van der Waals surface area contributed by atoms with Crippen LogP contribution in [0.3, 0.4) is 0 Å². The Balaban J connectivity index is 0.664. The lowest BCUT2D eigenvalue weighted by molar-refractivity contribution is 0.652. The molecule has 578 valence electrons. The number of aryl methyl sites for hydroxylation is 2. The van der Waals surface area contributed by atoms with E-state index in [9.17, 15) is 0 Å². The fraction of sp³-hybridized carbons (Fsp3) is 0.235. The summed E-state index contributed by atoms with van der Waals surface area (Å²) in [5.74, 6) is 2.97. The van der Waals surface area contributed by atoms with Crippen molar-refractivity contribution in [1.29, 1.82) is 0 Å². The van der Waals surface area contributed by atoms with E-state index in [1.54, 1.807) is 5.57 Å². The summed E-state index contributed by atoms with van der Waals surface area (Å²) in [4.78, 5) is 2.52. The molecule has 0 aliphatic heterocycles. The van der Waals surface area contributed by atoms with Crippen molar-refractivity contribution in [2.75, 3.05) is 4.90 Å². The van der Waals surface area contributed by atoms with Crippen molar-refractivity contribution in [1.82, 2.24) is 0 Å². The van der Waals surface area contributed by atoms with Gasteiger partial charge >= 0.3 is 0 Å². The molecule has 1 unspecified atom stereocenters. The van der Waals surface area contributed by atoms with Crippen LogP contribution in [-0.2, 0) is 6.42 Å². The van der Waals surface area contributed by atoms with Crippen LogP contribution >= 0.6 is 0 Å². The predicted molar refractivity (Wildman–Crippen MR) is 504 cm³/mol. The van der Waals surface area contributed by atoms with E-state index in [0.29, 0.717) is 35.5 Å². The smallest absolute Gasteiger partial charge is 0.0546 e. The standard InChI is InChI=1S/C115H113N/c1-71(2)97-65-105(73(5)6)114(106(66-97)74(7)8)94-52-48-91(49-53-94)88-40-36-85(37-41-88)84-34-32-83(33-35-84)82-30-27-81(28-31-82)63-99(64-96-29-25-77(13)61-79(96)15)109-69-110-103-23-19-20-24-104(103)113(70-111(110)102-22-18-17-21-101(102)109)116(112-60-26-78(14)62-80(112)16)100-58-56-93(57-59-100)90-46-44-87(45-47-90)86-38-42-89(43-39-86)92-50-54-95(55-51-92)115-107(75(9)10)67-98(72(3)4)68-108(115)76(11)12/h17-24,26-28,30-62,65-76,99H,25,29,63-64H2,1-16H3. The van der Waals surface area contributed by atoms with Crippen LogP contribution in [0.15, 0.2) is 320 Å². The summed E-state index contributed by atoms with van der Waals surface area (Å²) in [5, 5.41) is 7.65. The molecule has 15 aromatic rings. The molecule has 0 fully saturated rings. The highest BCUT2D eigenvalue weighted by atomic mass is 15.1. The number of hydrogen-bond donors (Lipinski definition) is 0. The molecule has 1 atom stereocenters. The van der Waals surface area contributed by atoms with E-state index in [4.69, 9.17) is 0 Å². The summed E-state index contributed by atoms with van der Waals surface area (Å²) in [7, 11) is 0. The lowest BCUT2D eigenvalue weighted by Crippen LogP contribution is -2.12. The second-order valence-electron chi connectivity index (χ2n) is 35.3. The first-order valence-electron chi connectivity index (χ1n) is 42.9. The molecule has 0 bridgehead atoms. The molecular weight excluding hydrogens is 1400 g/mol. The van der Waals surface area contributed by atoms with Gasteiger partial charge in [0.15, 0.2) is 0 Å². The lowest BCUT2D eigenvalue weighted by Gasteiger charge is -2.30. The molecule has 0 N–H and O–H groups in total. The molecule has 116 heavy (non-hydrogen) atoms. The number of anilines is 3. The largest absolute Gasteiger partial charge is 0.310 e. The van der Waals surface area contributed by atoms with Crippen molar-refractivity contribution >= 4 is 49.4 Å². The molecule has 0 saturated carbocycles. The molecule has 1 nitrogen and oxygen atoms in total. The molecule has 0 aromatic heterocycles. The van der Waals surface area contributed by atoms with Gasteiger partial charge in [-0.3, -0.25) is 0 Å². The fourth-order valence-electron chi connectivity index (χ4n) is 18.5. The number of benzene rings is 15. The molecule has 1 heteroatoms. The summed E-state index contributed by atoms with van der Waals surface area (Å²) in [6.07, 6.45) is 6.58. The van der Waals surface area contributed by atoms with Crippen LogP contribution in [0.25, 0.3) is 121 Å². The van der Waals surface area contributed by atoms with Crippen molar-refractivity contribution in [3.8, 4) is 89.0 Å². The van der Waals surface area contributed by atoms with Gasteiger partial charge < -0.3 is 4.90 Å². The zero-order valence-corrected chi connectivity index (χ0v) is 71.2. The second-order valence-corrected chi connectivity index (χ2v) is 35.3. The highest BCUT2D eigenvalue weighted by Crippen LogP contribution is 2.49. The minimum absolute atomic E-state index is 0.234. The third kappa shape index (κ3) is 16.0. The average Bonchev–Trinajstić information content (AvgIpc) is 0.725. The predicted octanol–water partition coefficient (Wildman–Crippen LogP) is 34.1. The number of fused-ring (bicyclic) bond motifs is 5. The van der Waals surface area contributed by atoms with E-state index in [1.165, 1.54) is 199 Å². The minimum Gasteiger partial charge on any atom is -0.310 e. The third-order valence-corrected chi connectivity index (χ3v) is 25.2. The van der Waals surface area contributed by atoms with Crippen LogP contribution in [0.4, 0.5) is 17.1 Å². The van der Waals surface area contributed by atoms with Crippen molar-refractivity contribution in [2.24, 2.45) is 0 Å². The van der Waals surface area contributed by atoms with Gasteiger partial charge in [0.1, 0.15) is 0 Å². The van der Waals surface area contributed by atoms with Gasteiger partial charge in [-0.25, -0.2) is 0 Å². The summed E-state index contributed by atoms with van der Waals surface area (Å²) in [5.41, 5.74) is 41.8. The summed E-state index contributed by atoms with van der Waals surface area (Å²) in [6.45, 7) is 37.0. The Morgan fingerprint density at radius 3 is 0.966 bits per heavy atom. The van der Waals surface area contributed by atoms with Crippen LogP contribution in [0.2, 0.25) is 0 Å². The summed E-state index contributed by atoms with van der Waals surface area (Å²) < 4.78 is 0. The average molecular weight is 1510 g/mol. The molecule has 0 radical (unpaired) electrons. The Morgan fingerprint density at radius 1 is 0.267 bits per heavy atom. The van der Waals surface area contributed by atoms with Crippen LogP contribution in [0.1, 0.15) is 213 Å². The molecule has 0 saturated heterocycles. The van der Waals surface area contributed by atoms with E-state index in [2.05, 4.69) is 419 Å². The highest BCUT2D eigenvalue weighted by molar-refractivity contribution is 6.22. The van der Waals surface area contributed by atoms with Gasteiger partial charge in [0, 0.05) is 16.8 Å². The Labute approximate surface area is 692 Å². The first kappa shape index (κ1) is 78.3. The molecule has 0 amide bonds. The molecule has 15 aromatic carbocycles. The Bertz CT molecular complexity index is 6090. The number of nitrogens with zero attached hydrogens (tertiary/aromatic N) is 1. The van der Waals surface area contributed by atoms with Crippen molar-refractivity contribution < 1.29 is 0 Å². The topological polar surface area (TPSA) is 3.24 Å². The Morgan fingerprint density at radius 2 is 0.603 bits per heavy atom. The zero-order chi connectivity index (χ0) is 80.7.